The first-order valence-corrected chi connectivity index (χ1v) is 6.53. The van der Waals surface area contributed by atoms with Gasteiger partial charge in [0, 0.05) is 0 Å². The van der Waals surface area contributed by atoms with Crippen molar-refractivity contribution in [3.63, 3.8) is 0 Å². The fourth-order valence-electron chi connectivity index (χ4n) is 1.74. The zero-order chi connectivity index (χ0) is 15.6. The van der Waals surface area contributed by atoms with Gasteiger partial charge < -0.3 is 5.32 Å². The zero-order valence-corrected chi connectivity index (χ0v) is 12.3. The molecular formula is C13H9Cl2N3O3. The smallest absolute Gasteiger partial charge is 0.300 e. The molecule has 0 aliphatic heterocycles. The highest BCUT2D eigenvalue weighted by atomic mass is 35.5. The maximum Gasteiger partial charge on any atom is 0.300 e. The van der Waals surface area contributed by atoms with Crippen LogP contribution < -0.4 is 5.32 Å². The van der Waals surface area contributed by atoms with Gasteiger partial charge in [0.1, 0.15) is 15.7 Å². The van der Waals surface area contributed by atoms with Crippen molar-refractivity contribution in [3.8, 4) is 0 Å². The van der Waals surface area contributed by atoms with E-state index in [-0.39, 0.29) is 10.6 Å². The van der Waals surface area contributed by atoms with Gasteiger partial charge in [-0.05, 0) is 31.2 Å². The highest BCUT2D eigenvalue weighted by Crippen LogP contribution is 2.29. The van der Waals surface area contributed by atoms with Gasteiger partial charge in [0.25, 0.3) is 5.91 Å². The molecule has 2 aromatic rings. The number of hydrogen-bond acceptors (Lipinski definition) is 4. The highest BCUT2D eigenvalue weighted by Gasteiger charge is 2.23. The lowest BCUT2D eigenvalue weighted by molar-refractivity contribution is -0.385. The van der Waals surface area contributed by atoms with E-state index in [1.54, 1.807) is 13.0 Å². The number of para-hydroxylation sites is 1. The summed E-state index contributed by atoms with van der Waals surface area (Å²) in [6.45, 7) is 1.66. The van der Waals surface area contributed by atoms with Crippen LogP contribution in [0.1, 0.15) is 16.1 Å². The van der Waals surface area contributed by atoms with Crippen molar-refractivity contribution in [3.05, 3.63) is 61.9 Å². The van der Waals surface area contributed by atoms with Crippen molar-refractivity contribution in [2.24, 2.45) is 0 Å². The molecule has 0 saturated carbocycles. The zero-order valence-electron chi connectivity index (χ0n) is 10.8. The van der Waals surface area contributed by atoms with Gasteiger partial charge in [-0.3, -0.25) is 14.9 Å². The van der Waals surface area contributed by atoms with Gasteiger partial charge in [-0.1, -0.05) is 29.3 Å². The Morgan fingerprint density at radius 2 is 2.00 bits per heavy atom. The average molecular weight is 326 g/mol. The first-order chi connectivity index (χ1) is 9.90. The van der Waals surface area contributed by atoms with Gasteiger partial charge >= 0.3 is 5.69 Å². The van der Waals surface area contributed by atoms with Crippen molar-refractivity contribution in [2.45, 2.75) is 6.92 Å². The van der Waals surface area contributed by atoms with Crippen LogP contribution in [0, 0.1) is 17.0 Å². The van der Waals surface area contributed by atoms with E-state index in [0.29, 0.717) is 16.5 Å². The number of nitrogens with zero attached hydrogens (tertiary/aromatic N) is 2. The van der Waals surface area contributed by atoms with E-state index in [4.69, 9.17) is 23.2 Å². The van der Waals surface area contributed by atoms with Crippen LogP contribution in [0.5, 0.6) is 0 Å². The Bertz CT molecular complexity index is 735. The molecule has 0 saturated heterocycles. The van der Waals surface area contributed by atoms with Crippen molar-refractivity contribution in [1.82, 2.24) is 4.98 Å². The second-order valence-corrected chi connectivity index (χ2v) is 4.91. The molecule has 0 radical (unpaired) electrons. The molecule has 2 rings (SSSR count). The number of nitrogens with one attached hydrogen (secondary N) is 1. The number of aromatic nitrogens is 1. The summed E-state index contributed by atoms with van der Waals surface area (Å²) in [5.41, 5.74) is 0.359. The lowest BCUT2D eigenvalue weighted by atomic mass is 10.1. The highest BCUT2D eigenvalue weighted by molar-refractivity contribution is 6.33. The molecular weight excluding hydrogens is 317 g/mol. The SMILES string of the molecule is Cc1nc(Cl)ccc1NC(=O)c1cccc(Cl)c1[N+](=O)[O-]. The molecule has 21 heavy (non-hydrogen) atoms. The number of halogens is 2. The Labute approximate surface area is 129 Å². The molecule has 1 aromatic heterocycles. The number of amides is 1. The number of hydrogen-bond donors (Lipinski definition) is 1. The van der Waals surface area contributed by atoms with Crippen LogP contribution in [0.3, 0.4) is 0 Å². The Balaban J connectivity index is 2.37. The van der Waals surface area contributed by atoms with Gasteiger partial charge in [-0.2, -0.15) is 0 Å². The van der Waals surface area contributed by atoms with Crippen LogP contribution in [0.4, 0.5) is 11.4 Å². The number of nitro groups is 1. The van der Waals surface area contributed by atoms with Crippen LogP contribution in [0.25, 0.3) is 0 Å². The summed E-state index contributed by atoms with van der Waals surface area (Å²) in [5, 5.41) is 13.8. The molecule has 6 nitrogen and oxygen atoms in total. The molecule has 0 aliphatic carbocycles. The van der Waals surface area contributed by atoms with Gasteiger partial charge in [0.2, 0.25) is 0 Å². The lowest BCUT2D eigenvalue weighted by Gasteiger charge is -2.08. The molecule has 1 N–H and O–H groups in total. The normalized spacial score (nSPS) is 10.2. The number of rotatable bonds is 3. The number of aryl methyl sites for hydroxylation is 1. The minimum absolute atomic E-state index is 0.0985. The van der Waals surface area contributed by atoms with Crippen molar-refractivity contribution < 1.29 is 9.72 Å². The molecule has 0 bridgehead atoms. The summed E-state index contributed by atoms with van der Waals surface area (Å²) in [5.74, 6) is -0.642. The maximum atomic E-state index is 12.2. The lowest BCUT2D eigenvalue weighted by Crippen LogP contribution is -2.15. The quantitative estimate of drug-likeness (QED) is 0.527. The van der Waals surface area contributed by atoms with Gasteiger partial charge in [-0.15, -0.1) is 0 Å². The molecule has 0 spiro atoms. The Morgan fingerprint density at radius 1 is 1.29 bits per heavy atom. The topological polar surface area (TPSA) is 85.1 Å². The summed E-state index contributed by atoms with van der Waals surface area (Å²) in [7, 11) is 0. The monoisotopic (exact) mass is 325 g/mol. The predicted molar refractivity (Wildman–Crippen MR) is 80.0 cm³/mol. The van der Waals surface area contributed by atoms with Crippen molar-refractivity contribution in [1.29, 1.82) is 0 Å². The van der Waals surface area contributed by atoms with E-state index in [0.717, 1.165) is 0 Å². The van der Waals surface area contributed by atoms with Crippen molar-refractivity contribution >= 4 is 40.5 Å². The minimum atomic E-state index is -0.690. The third-order valence-electron chi connectivity index (χ3n) is 2.71. The second-order valence-electron chi connectivity index (χ2n) is 4.11. The van der Waals surface area contributed by atoms with E-state index in [9.17, 15) is 14.9 Å². The van der Waals surface area contributed by atoms with Crippen LogP contribution in [-0.2, 0) is 0 Å². The third-order valence-corrected chi connectivity index (χ3v) is 3.23. The standard InChI is InChI=1S/C13H9Cl2N3O3/c1-7-10(5-6-11(15)16-7)17-13(19)8-3-2-4-9(14)12(8)18(20)21/h2-6H,1H3,(H,17,19). The Kier molecular flexibility index (Phi) is 4.40. The van der Waals surface area contributed by atoms with Crippen molar-refractivity contribution in [2.75, 3.05) is 5.32 Å². The summed E-state index contributed by atoms with van der Waals surface area (Å²) in [6, 6.07) is 7.23. The summed E-state index contributed by atoms with van der Waals surface area (Å²) in [6.07, 6.45) is 0. The summed E-state index contributed by atoms with van der Waals surface area (Å²) < 4.78 is 0. The Morgan fingerprint density at radius 3 is 2.62 bits per heavy atom. The van der Waals surface area contributed by atoms with E-state index in [1.807, 2.05) is 0 Å². The third kappa shape index (κ3) is 3.29. The number of pyridine rings is 1. The first-order valence-electron chi connectivity index (χ1n) is 5.77. The van der Waals surface area contributed by atoms with Crippen LogP contribution >= 0.6 is 23.2 Å². The molecule has 8 heteroatoms. The minimum Gasteiger partial charge on any atom is -0.320 e. The summed E-state index contributed by atoms with van der Waals surface area (Å²) >= 11 is 11.5. The molecule has 0 aliphatic rings. The molecule has 1 aromatic carbocycles. The number of carbonyl (C=O) groups excluding carboxylic acids is 1. The van der Waals surface area contributed by atoms with E-state index in [2.05, 4.69) is 10.3 Å². The van der Waals surface area contributed by atoms with Gasteiger partial charge in [0.05, 0.1) is 16.3 Å². The molecule has 108 valence electrons. The predicted octanol–water partition coefficient (Wildman–Crippen LogP) is 3.86. The molecule has 0 unspecified atom stereocenters. The number of carbonyl (C=O) groups is 1. The van der Waals surface area contributed by atoms with Crippen LogP contribution in [0.2, 0.25) is 10.2 Å². The van der Waals surface area contributed by atoms with E-state index < -0.39 is 16.5 Å². The van der Waals surface area contributed by atoms with Crippen LogP contribution in [0.15, 0.2) is 30.3 Å². The fourth-order valence-corrected chi connectivity index (χ4v) is 2.17. The molecule has 1 amide bonds. The average Bonchev–Trinajstić information content (AvgIpc) is 2.41. The Hall–Kier alpha value is -2.18. The number of nitro benzene ring substituents is 1. The largest absolute Gasteiger partial charge is 0.320 e. The molecule has 0 fully saturated rings. The maximum absolute atomic E-state index is 12.2. The number of anilines is 1. The van der Waals surface area contributed by atoms with Gasteiger partial charge in [-0.25, -0.2) is 4.98 Å². The first kappa shape index (κ1) is 15.2. The molecule has 0 atom stereocenters. The molecule has 1 heterocycles. The van der Waals surface area contributed by atoms with Crippen LogP contribution in [-0.4, -0.2) is 15.8 Å². The van der Waals surface area contributed by atoms with E-state index in [1.165, 1.54) is 24.3 Å². The summed E-state index contributed by atoms with van der Waals surface area (Å²) in [4.78, 5) is 26.5. The fraction of sp³-hybridized carbons (Fsp3) is 0.0769. The second kappa shape index (κ2) is 6.07. The van der Waals surface area contributed by atoms with E-state index >= 15 is 0 Å². The van der Waals surface area contributed by atoms with Gasteiger partial charge in [0.15, 0.2) is 0 Å². The number of benzene rings is 1.